The molecule has 0 unspecified atom stereocenters. The van der Waals surface area contributed by atoms with Crippen LogP contribution in [0.3, 0.4) is 0 Å². The van der Waals surface area contributed by atoms with Crippen molar-refractivity contribution in [3.8, 4) is 0 Å². The van der Waals surface area contributed by atoms with Crippen molar-refractivity contribution in [2.45, 2.75) is 12.8 Å². The summed E-state index contributed by atoms with van der Waals surface area (Å²) in [5.74, 6) is -0.857. The summed E-state index contributed by atoms with van der Waals surface area (Å²) in [5.41, 5.74) is 3.47. The monoisotopic (exact) mass is 269 g/mol. The molecule has 2 rings (SSSR count). The van der Waals surface area contributed by atoms with Gasteiger partial charge in [0.1, 0.15) is 0 Å². The molecular weight excluding hydrogens is 258 g/mol. The zero-order valence-electron chi connectivity index (χ0n) is 8.92. The van der Waals surface area contributed by atoms with E-state index in [4.69, 9.17) is 5.11 Å². The van der Waals surface area contributed by atoms with E-state index in [9.17, 15) is 4.79 Å². The molecule has 0 bridgehead atoms. The van der Waals surface area contributed by atoms with Gasteiger partial charge in [-0.1, -0.05) is 0 Å². The zero-order valence-corrected chi connectivity index (χ0v) is 10.6. The lowest BCUT2D eigenvalue weighted by molar-refractivity contribution is -0.136. The lowest BCUT2D eigenvalue weighted by atomic mass is 10.3. The Morgan fingerprint density at radius 1 is 1.41 bits per heavy atom. The van der Waals surface area contributed by atoms with Crippen LogP contribution in [0.2, 0.25) is 0 Å². The number of nitrogens with one attached hydrogen (secondary N) is 1. The Hall–Kier alpha value is -1.47. The Morgan fingerprint density at radius 2 is 2.29 bits per heavy atom. The number of aliphatic carboxylic acids is 1. The lowest BCUT2D eigenvalue weighted by Crippen LogP contribution is -2.05. The van der Waals surface area contributed by atoms with Crippen molar-refractivity contribution in [2.24, 2.45) is 0 Å². The highest BCUT2D eigenvalue weighted by atomic mass is 32.1. The first-order chi connectivity index (χ1) is 8.24. The molecule has 2 heterocycles. The van der Waals surface area contributed by atoms with Crippen molar-refractivity contribution in [2.75, 3.05) is 11.9 Å². The fraction of sp³-hybridized carbons (Fsp3) is 0.300. The van der Waals surface area contributed by atoms with E-state index < -0.39 is 5.97 Å². The number of rotatable bonds is 6. The highest BCUT2D eigenvalue weighted by molar-refractivity contribution is 7.13. The van der Waals surface area contributed by atoms with Crippen molar-refractivity contribution in [1.82, 2.24) is 9.97 Å². The van der Waals surface area contributed by atoms with Crippen LogP contribution in [0.15, 0.2) is 16.3 Å². The number of carbonyl (C=O) groups is 1. The van der Waals surface area contributed by atoms with Gasteiger partial charge in [0.2, 0.25) is 0 Å². The summed E-state index contributed by atoms with van der Waals surface area (Å²) in [6.07, 6.45) is 0.821. The molecule has 0 aliphatic heterocycles. The maximum atomic E-state index is 10.5. The normalized spacial score (nSPS) is 10.4. The molecule has 2 aromatic heterocycles. The second-order valence-corrected chi connectivity index (χ2v) is 4.95. The molecule has 7 heteroatoms. The fourth-order valence-corrected chi connectivity index (χ4v) is 2.61. The molecule has 0 aliphatic carbocycles. The van der Waals surface area contributed by atoms with Gasteiger partial charge in [-0.2, -0.15) is 0 Å². The van der Waals surface area contributed by atoms with E-state index >= 15 is 0 Å². The van der Waals surface area contributed by atoms with Gasteiger partial charge in [-0.3, -0.25) is 4.79 Å². The quantitative estimate of drug-likeness (QED) is 0.837. The van der Waals surface area contributed by atoms with Crippen LogP contribution in [0.5, 0.6) is 0 Å². The van der Waals surface area contributed by atoms with E-state index in [-0.39, 0.29) is 6.42 Å². The first kappa shape index (κ1) is 12.0. The third-order valence-corrected chi connectivity index (χ3v) is 3.51. The van der Waals surface area contributed by atoms with Crippen molar-refractivity contribution in [3.63, 3.8) is 0 Å². The third-order valence-electron chi connectivity index (χ3n) is 2.02. The molecule has 0 aromatic carbocycles. The van der Waals surface area contributed by atoms with Crippen molar-refractivity contribution in [3.05, 3.63) is 27.7 Å². The Morgan fingerprint density at radius 3 is 3.00 bits per heavy atom. The van der Waals surface area contributed by atoms with Gasteiger partial charge in [-0.05, 0) is 0 Å². The largest absolute Gasteiger partial charge is 0.481 e. The minimum Gasteiger partial charge on any atom is -0.481 e. The molecule has 0 spiro atoms. The Labute approximate surface area is 106 Å². The molecule has 2 aromatic rings. The van der Waals surface area contributed by atoms with Gasteiger partial charge in [-0.25, -0.2) is 9.97 Å². The second kappa shape index (κ2) is 5.74. The van der Waals surface area contributed by atoms with E-state index in [0.717, 1.165) is 23.8 Å². The fourth-order valence-electron chi connectivity index (χ4n) is 1.28. The minimum atomic E-state index is -0.857. The van der Waals surface area contributed by atoms with Crippen molar-refractivity contribution >= 4 is 33.8 Å². The molecule has 0 saturated carbocycles. The van der Waals surface area contributed by atoms with Crippen LogP contribution in [0.25, 0.3) is 0 Å². The summed E-state index contributed by atoms with van der Waals surface area (Å²) in [6, 6.07) is 0. The first-order valence-corrected chi connectivity index (χ1v) is 6.83. The number of hydrogen-bond donors (Lipinski definition) is 2. The Balaban J connectivity index is 1.79. The molecule has 90 valence electrons. The van der Waals surface area contributed by atoms with Gasteiger partial charge in [0, 0.05) is 23.7 Å². The van der Waals surface area contributed by atoms with E-state index in [2.05, 4.69) is 15.3 Å². The Bertz CT molecular complexity index is 481. The van der Waals surface area contributed by atoms with E-state index in [1.165, 1.54) is 11.3 Å². The molecule has 2 N–H and O–H groups in total. The summed E-state index contributed by atoms with van der Waals surface area (Å²) in [5, 5.41) is 16.3. The molecule has 0 saturated heterocycles. The highest BCUT2D eigenvalue weighted by Crippen LogP contribution is 2.15. The average molecular weight is 269 g/mol. The van der Waals surface area contributed by atoms with Crippen LogP contribution in [0.1, 0.15) is 11.4 Å². The molecule has 17 heavy (non-hydrogen) atoms. The van der Waals surface area contributed by atoms with Crippen LogP contribution in [0, 0.1) is 0 Å². The summed E-state index contributed by atoms with van der Waals surface area (Å²) in [6.45, 7) is 0.754. The topological polar surface area (TPSA) is 75.1 Å². The third kappa shape index (κ3) is 3.79. The molecule has 0 radical (unpaired) electrons. The van der Waals surface area contributed by atoms with Crippen LogP contribution in [-0.4, -0.2) is 27.6 Å². The standard InChI is InChI=1S/C10H11N3O2S2/c14-9(15)3-8-5-17-10(13-8)11-2-1-7-4-16-6-12-7/h4-6H,1-3H2,(H,11,13)(H,14,15). The number of carboxylic acids is 1. The second-order valence-electron chi connectivity index (χ2n) is 3.37. The SMILES string of the molecule is O=C(O)Cc1csc(NCCc2cscn2)n1. The highest BCUT2D eigenvalue weighted by Gasteiger charge is 2.05. The van der Waals surface area contributed by atoms with Crippen LogP contribution >= 0.6 is 22.7 Å². The van der Waals surface area contributed by atoms with Crippen LogP contribution in [0.4, 0.5) is 5.13 Å². The predicted octanol–water partition coefficient (Wildman–Crippen LogP) is 1.88. The summed E-state index contributed by atoms with van der Waals surface area (Å²) in [7, 11) is 0. The molecule has 0 fully saturated rings. The van der Waals surface area contributed by atoms with Gasteiger partial charge in [0.15, 0.2) is 5.13 Å². The van der Waals surface area contributed by atoms with Crippen molar-refractivity contribution < 1.29 is 9.90 Å². The van der Waals surface area contributed by atoms with E-state index in [1.807, 2.05) is 10.9 Å². The van der Waals surface area contributed by atoms with Gasteiger partial charge in [0.05, 0.1) is 23.3 Å². The lowest BCUT2D eigenvalue weighted by Gasteiger charge is -1.99. The van der Waals surface area contributed by atoms with E-state index in [1.54, 1.807) is 16.7 Å². The zero-order chi connectivity index (χ0) is 12.1. The molecule has 5 nitrogen and oxygen atoms in total. The molecular formula is C10H11N3O2S2. The van der Waals surface area contributed by atoms with Gasteiger partial charge >= 0.3 is 5.97 Å². The maximum Gasteiger partial charge on any atom is 0.309 e. The summed E-state index contributed by atoms with van der Waals surface area (Å²) < 4.78 is 0. The van der Waals surface area contributed by atoms with E-state index in [0.29, 0.717) is 5.69 Å². The number of hydrogen-bond acceptors (Lipinski definition) is 6. The molecule has 0 aliphatic rings. The number of aromatic nitrogens is 2. The van der Waals surface area contributed by atoms with Gasteiger partial charge in [0.25, 0.3) is 0 Å². The number of nitrogens with zero attached hydrogens (tertiary/aromatic N) is 2. The molecule has 0 amide bonds. The van der Waals surface area contributed by atoms with Crippen molar-refractivity contribution in [1.29, 1.82) is 0 Å². The van der Waals surface area contributed by atoms with Gasteiger partial charge < -0.3 is 10.4 Å². The number of thiazole rings is 2. The van der Waals surface area contributed by atoms with Gasteiger partial charge in [-0.15, -0.1) is 22.7 Å². The average Bonchev–Trinajstić information content (AvgIpc) is 2.89. The number of carboxylic acid groups (broad SMARTS) is 1. The predicted molar refractivity (Wildman–Crippen MR) is 67.8 cm³/mol. The molecule has 0 atom stereocenters. The minimum absolute atomic E-state index is 0.0235. The Kier molecular flexibility index (Phi) is 4.05. The summed E-state index contributed by atoms with van der Waals surface area (Å²) in [4.78, 5) is 18.8. The van der Waals surface area contributed by atoms with Crippen LogP contribution in [-0.2, 0) is 17.6 Å². The maximum absolute atomic E-state index is 10.5. The van der Waals surface area contributed by atoms with Crippen LogP contribution < -0.4 is 5.32 Å². The first-order valence-electron chi connectivity index (χ1n) is 5.01. The summed E-state index contributed by atoms with van der Waals surface area (Å²) >= 11 is 3.00. The number of anilines is 1. The smallest absolute Gasteiger partial charge is 0.309 e.